The van der Waals surface area contributed by atoms with Crippen LogP contribution < -0.4 is 9.80 Å². The summed E-state index contributed by atoms with van der Waals surface area (Å²) in [6.45, 7) is 1.33. The normalized spacial score (nSPS) is 14.9. The monoisotopic (exact) mass is 239 g/mol. The fraction of sp³-hybridized carbons (Fsp3) is 0.154. The lowest BCUT2D eigenvalue weighted by atomic mass is 10.4. The number of aromatic nitrogens is 2. The fourth-order valence-electron chi connectivity index (χ4n) is 1.84. The maximum atomic E-state index is 4.34. The van der Waals surface area contributed by atoms with Crippen LogP contribution in [0.3, 0.4) is 0 Å². The van der Waals surface area contributed by atoms with Gasteiger partial charge in [0.05, 0.1) is 6.34 Å². The molecular weight excluding hydrogens is 226 g/mol. The minimum absolute atomic E-state index is 0.625. The van der Waals surface area contributed by atoms with Crippen LogP contribution in [0.15, 0.2) is 53.8 Å². The molecule has 0 spiro atoms. The molecule has 0 aromatic carbocycles. The summed E-state index contributed by atoms with van der Waals surface area (Å²) in [5.41, 5.74) is 0. The summed E-state index contributed by atoms with van der Waals surface area (Å²) in [5.74, 6) is 1.82. The van der Waals surface area contributed by atoms with E-state index < -0.39 is 0 Å². The first kappa shape index (κ1) is 10.7. The summed E-state index contributed by atoms with van der Waals surface area (Å²) >= 11 is 0. The first-order chi connectivity index (χ1) is 8.93. The minimum Gasteiger partial charge on any atom is -0.319 e. The van der Waals surface area contributed by atoms with Crippen molar-refractivity contribution in [1.29, 1.82) is 0 Å². The molecule has 5 nitrogen and oxygen atoms in total. The molecule has 18 heavy (non-hydrogen) atoms. The average Bonchev–Trinajstić information content (AvgIpc) is 2.49. The van der Waals surface area contributed by atoms with Gasteiger partial charge >= 0.3 is 0 Å². The van der Waals surface area contributed by atoms with Crippen LogP contribution in [-0.4, -0.2) is 29.6 Å². The summed E-state index contributed by atoms with van der Waals surface area (Å²) in [4.78, 5) is 17.1. The van der Waals surface area contributed by atoms with E-state index in [2.05, 4.69) is 19.9 Å². The molecule has 5 heteroatoms. The lowest BCUT2D eigenvalue weighted by molar-refractivity contribution is 0.767. The Balaban J connectivity index is 1.81. The Labute approximate surface area is 105 Å². The molecule has 0 atom stereocenters. The summed E-state index contributed by atoms with van der Waals surface area (Å²) < 4.78 is 0. The summed E-state index contributed by atoms with van der Waals surface area (Å²) in [6, 6.07) is 11.7. The first-order valence-corrected chi connectivity index (χ1v) is 5.77. The van der Waals surface area contributed by atoms with Crippen molar-refractivity contribution in [2.75, 3.05) is 23.1 Å². The third-order valence-electron chi connectivity index (χ3n) is 2.71. The number of aliphatic imine (C=N–C) groups is 1. The maximum Gasteiger partial charge on any atom is 0.135 e. The van der Waals surface area contributed by atoms with E-state index in [0.29, 0.717) is 13.3 Å². The molecule has 0 aliphatic carbocycles. The van der Waals surface area contributed by atoms with Gasteiger partial charge in [0.25, 0.3) is 0 Å². The number of pyridine rings is 2. The van der Waals surface area contributed by atoms with Crippen molar-refractivity contribution in [3.05, 3.63) is 48.8 Å². The Hall–Kier alpha value is -2.43. The smallest absolute Gasteiger partial charge is 0.135 e. The van der Waals surface area contributed by atoms with Crippen LogP contribution in [-0.2, 0) is 0 Å². The van der Waals surface area contributed by atoms with Gasteiger partial charge in [0.15, 0.2) is 0 Å². The van der Waals surface area contributed by atoms with Crippen molar-refractivity contribution in [1.82, 2.24) is 9.97 Å². The molecule has 0 saturated carbocycles. The zero-order chi connectivity index (χ0) is 12.2. The zero-order valence-electron chi connectivity index (χ0n) is 9.85. The van der Waals surface area contributed by atoms with E-state index >= 15 is 0 Å². The first-order valence-electron chi connectivity index (χ1n) is 5.77. The molecule has 0 unspecified atom stereocenters. The predicted octanol–water partition coefficient (Wildman–Crippen LogP) is 1.75. The molecule has 0 fully saturated rings. The zero-order valence-corrected chi connectivity index (χ0v) is 9.85. The molecule has 0 N–H and O–H groups in total. The van der Waals surface area contributed by atoms with E-state index in [1.54, 1.807) is 12.4 Å². The predicted molar refractivity (Wildman–Crippen MR) is 71.7 cm³/mol. The van der Waals surface area contributed by atoms with Gasteiger partial charge in [-0.05, 0) is 24.3 Å². The van der Waals surface area contributed by atoms with Crippen LogP contribution in [0.2, 0.25) is 0 Å². The van der Waals surface area contributed by atoms with Crippen LogP contribution in [0.25, 0.3) is 0 Å². The molecule has 1 aliphatic heterocycles. The summed E-state index contributed by atoms with van der Waals surface area (Å²) in [6.07, 6.45) is 5.39. The quantitative estimate of drug-likeness (QED) is 0.800. The Bertz CT molecular complexity index is 526. The second-order valence-corrected chi connectivity index (χ2v) is 3.97. The molecular formula is C13H13N5. The Morgan fingerprint density at radius 2 is 1.61 bits per heavy atom. The van der Waals surface area contributed by atoms with Crippen LogP contribution in [0.1, 0.15) is 0 Å². The molecule has 0 radical (unpaired) electrons. The topological polar surface area (TPSA) is 44.6 Å². The second-order valence-electron chi connectivity index (χ2n) is 3.97. The van der Waals surface area contributed by atoms with Gasteiger partial charge in [-0.3, -0.25) is 9.89 Å². The molecule has 3 heterocycles. The van der Waals surface area contributed by atoms with Crippen LogP contribution in [0.4, 0.5) is 11.6 Å². The van der Waals surface area contributed by atoms with Crippen molar-refractivity contribution >= 4 is 18.0 Å². The lowest BCUT2D eigenvalue weighted by Gasteiger charge is -2.31. The van der Waals surface area contributed by atoms with Crippen molar-refractivity contribution < 1.29 is 0 Å². The molecule has 90 valence electrons. The maximum absolute atomic E-state index is 4.34. The van der Waals surface area contributed by atoms with Crippen LogP contribution >= 0.6 is 0 Å². The van der Waals surface area contributed by atoms with Gasteiger partial charge in [0, 0.05) is 12.4 Å². The third kappa shape index (κ3) is 2.15. The number of hydrogen-bond acceptors (Lipinski definition) is 5. The van der Waals surface area contributed by atoms with Crippen molar-refractivity contribution in [3.8, 4) is 0 Å². The SMILES string of the molecule is C1=NCN(c2ccccn2)CN1c1ccccn1. The molecule has 2 aromatic rings. The van der Waals surface area contributed by atoms with Gasteiger partial charge in [-0.15, -0.1) is 0 Å². The van der Waals surface area contributed by atoms with E-state index in [9.17, 15) is 0 Å². The van der Waals surface area contributed by atoms with E-state index in [-0.39, 0.29) is 0 Å². The van der Waals surface area contributed by atoms with Gasteiger partial charge in [0.1, 0.15) is 25.0 Å². The largest absolute Gasteiger partial charge is 0.319 e. The minimum atomic E-state index is 0.625. The fourth-order valence-corrected chi connectivity index (χ4v) is 1.84. The second kappa shape index (κ2) is 4.83. The van der Waals surface area contributed by atoms with Crippen LogP contribution in [0.5, 0.6) is 0 Å². The summed E-state index contributed by atoms with van der Waals surface area (Å²) in [7, 11) is 0. The van der Waals surface area contributed by atoms with Gasteiger partial charge in [-0.1, -0.05) is 12.1 Å². The van der Waals surface area contributed by atoms with Crippen molar-refractivity contribution in [2.24, 2.45) is 4.99 Å². The molecule has 1 aliphatic rings. The average molecular weight is 239 g/mol. The lowest BCUT2D eigenvalue weighted by Crippen LogP contribution is -2.42. The highest BCUT2D eigenvalue weighted by molar-refractivity contribution is 5.79. The Morgan fingerprint density at radius 3 is 2.28 bits per heavy atom. The molecule has 0 saturated heterocycles. The van der Waals surface area contributed by atoms with Gasteiger partial charge in [-0.2, -0.15) is 0 Å². The molecule has 3 rings (SSSR count). The van der Waals surface area contributed by atoms with Gasteiger partial charge in [0.2, 0.25) is 0 Å². The van der Waals surface area contributed by atoms with E-state index in [0.717, 1.165) is 11.6 Å². The van der Waals surface area contributed by atoms with Crippen molar-refractivity contribution in [3.63, 3.8) is 0 Å². The van der Waals surface area contributed by atoms with Gasteiger partial charge in [-0.25, -0.2) is 9.97 Å². The van der Waals surface area contributed by atoms with Crippen molar-refractivity contribution in [2.45, 2.75) is 0 Å². The van der Waals surface area contributed by atoms with E-state index in [1.165, 1.54) is 0 Å². The number of rotatable bonds is 2. The number of anilines is 2. The number of nitrogens with zero attached hydrogens (tertiary/aromatic N) is 5. The number of hydrogen-bond donors (Lipinski definition) is 0. The van der Waals surface area contributed by atoms with Gasteiger partial charge < -0.3 is 4.90 Å². The highest BCUT2D eigenvalue weighted by Crippen LogP contribution is 2.15. The Morgan fingerprint density at radius 1 is 0.889 bits per heavy atom. The molecule has 2 aromatic heterocycles. The van der Waals surface area contributed by atoms with E-state index in [4.69, 9.17) is 0 Å². The Kier molecular flexibility index (Phi) is 2.87. The summed E-state index contributed by atoms with van der Waals surface area (Å²) in [5, 5.41) is 0. The van der Waals surface area contributed by atoms with Crippen LogP contribution in [0, 0.1) is 0 Å². The highest BCUT2D eigenvalue weighted by atomic mass is 15.4. The van der Waals surface area contributed by atoms with E-state index in [1.807, 2.05) is 47.6 Å². The third-order valence-corrected chi connectivity index (χ3v) is 2.71. The standard InChI is InChI=1S/C13H13N5/c1-3-7-15-12(5-1)17-9-14-10-18(11-17)13-6-2-4-8-16-13/h1-9H,10-11H2. The molecule has 0 bridgehead atoms. The highest BCUT2D eigenvalue weighted by Gasteiger charge is 2.16. The molecule has 0 amide bonds.